The van der Waals surface area contributed by atoms with Crippen LogP contribution in [-0.2, 0) is 4.79 Å². The van der Waals surface area contributed by atoms with Gasteiger partial charge in [-0.25, -0.2) is 0 Å². The van der Waals surface area contributed by atoms with Crippen molar-refractivity contribution in [3.8, 4) is 0 Å². The van der Waals surface area contributed by atoms with Crippen LogP contribution in [0.25, 0.3) is 0 Å². The minimum Gasteiger partial charge on any atom is -0.370 e. The molecular formula is C11H12Cl3NO2. The summed E-state index contributed by atoms with van der Waals surface area (Å²) in [5.74, 6) is -0.444. The number of hydrogen-bond donors (Lipinski definition) is 2. The van der Waals surface area contributed by atoms with Gasteiger partial charge in [-0.15, -0.1) is 11.6 Å². The lowest BCUT2D eigenvalue weighted by atomic mass is 10.1. The lowest BCUT2D eigenvalue weighted by Gasteiger charge is -2.30. The van der Waals surface area contributed by atoms with Crippen molar-refractivity contribution >= 4 is 40.7 Å². The van der Waals surface area contributed by atoms with Gasteiger partial charge in [-0.3, -0.25) is 4.79 Å². The first-order valence-electron chi connectivity index (χ1n) is 4.87. The highest BCUT2D eigenvalue weighted by Gasteiger charge is 2.42. The number of aliphatic hydroxyl groups is 1. The second-order valence-electron chi connectivity index (χ2n) is 3.55. The molecule has 0 saturated heterocycles. The Hall–Kier alpha value is -0.480. The standard InChI is InChI=1S/C11H12Cl3NO2/c1-7(16)15-10(17)11(13,14)9(12)8-5-3-2-4-6-8/h2-6,9-10,17H,1H3,(H,15,16)/t9-,10-/m1/s1. The van der Waals surface area contributed by atoms with Gasteiger partial charge in [0, 0.05) is 6.92 Å². The Balaban J connectivity index is 2.86. The van der Waals surface area contributed by atoms with Crippen LogP contribution < -0.4 is 5.32 Å². The Morgan fingerprint density at radius 1 is 1.35 bits per heavy atom. The molecule has 0 aromatic heterocycles. The van der Waals surface area contributed by atoms with Gasteiger partial charge in [0.05, 0.1) is 5.38 Å². The summed E-state index contributed by atoms with van der Waals surface area (Å²) in [5, 5.41) is 11.0. The third kappa shape index (κ3) is 3.75. The summed E-state index contributed by atoms with van der Waals surface area (Å²) >= 11 is 18.1. The number of aliphatic hydroxyl groups excluding tert-OH is 1. The predicted molar refractivity (Wildman–Crippen MR) is 69.3 cm³/mol. The van der Waals surface area contributed by atoms with Crippen LogP contribution in [0.3, 0.4) is 0 Å². The Bertz CT molecular complexity index is 384. The first-order valence-corrected chi connectivity index (χ1v) is 6.07. The van der Waals surface area contributed by atoms with Crippen LogP contribution in [0.15, 0.2) is 30.3 Å². The molecule has 1 rings (SSSR count). The maximum atomic E-state index is 10.8. The van der Waals surface area contributed by atoms with Gasteiger partial charge in [0.15, 0.2) is 10.6 Å². The smallest absolute Gasteiger partial charge is 0.218 e. The van der Waals surface area contributed by atoms with Crippen LogP contribution in [0.1, 0.15) is 17.9 Å². The minimum atomic E-state index is -1.71. The van der Waals surface area contributed by atoms with E-state index >= 15 is 0 Å². The number of amides is 1. The van der Waals surface area contributed by atoms with E-state index in [1.165, 1.54) is 6.92 Å². The van der Waals surface area contributed by atoms with E-state index in [1.54, 1.807) is 24.3 Å². The normalized spacial score (nSPS) is 15.1. The molecule has 1 aromatic rings. The van der Waals surface area contributed by atoms with E-state index in [2.05, 4.69) is 5.32 Å². The fourth-order valence-electron chi connectivity index (χ4n) is 1.27. The van der Waals surface area contributed by atoms with Gasteiger partial charge in [0.2, 0.25) is 5.91 Å². The molecule has 1 aromatic carbocycles. The lowest BCUT2D eigenvalue weighted by molar-refractivity contribution is -0.122. The molecule has 1 amide bonds. The molecule has 2 atom stereocenters. The average Bonchev–Trinajstić information content (AvgIpc) is 2.28. The molecule has 0 aliphatic rings. The number of nitrogens with one attached hydrogen (secondary N) is 1. The molecule has 17 heavy (non-hydrogen) atoms. The Kier molecular flexibility index (Phi) is 5.07. The van der Waals surface area contributed by atoms with Crippen molar-refractivity contribution in [2.24, 2.45) is 0 Å². The van der Waals surface area contributed by atoms with Crippen molar-refractivity contribution in [2.75, 3.05) is 0 Å². The van der Waals surface area contributed by atoms with Crippen molar-refractivity contribution in [1.29, 1.82) is 0 Å². The summed E-state index contributed by atoms with van der Waals surface area (Å²) in [4.78, 5) is 10.8. The van der Waals surface area contributed by atoms with E-state index in [0.717, 1.165) is 0 Å². The average molecular weight is 297 g/mol. The first-order chi connectivity index (χ1) is 7.85. The third-order valence-electron chi connectivity index (χ3n) is 2.13. The van der Waals surface area contributed by atoms with Crippen molar-refractivity contribution in [3.05, 3.63) is 35.9 Å². The molecule has 0 spiro atoms. The number of alkyl halides is 3. The van der Waals surface area contributed by atoms with E-state index < -0.39 is 21.8 Å². The van der Waals surface area contributed by atoms with Gasteiger partial charge in [-0.05, 0) is 5.56 Å². The summed E-state index contributed by atoms with van der Waals surface area (Å²) in [7, 11) is 0. The maximum absolute atomic E-state index is 10.8. The monoisotopic (exact) mass is 295 g/mol. The third-order valence-corrected chi connectivity index (χ3v) is 3.80. The molecule has 0 heterocycles. The largest absolute Gasteiger partial charge is 0.370 e. The van der Waals surface area contributed by atoms with E-state index in [-0.39, 0.29) is 0 Å². The number of rotatable bonds is 4. The number of carbonyl (C=O) groups is 1. The highest BCUT2D eigenvalue weighted by Crippen LogP contribution is 2.42. The zero-order valence-electron chi connectivity index (χ0n) is 9.03. The van der Waals surface area contributed by atoms with Gasteiger partial charge in [0.25, 0.3) is 0 Å². The fourth-order valence-corrected chi connectivity index (χ4v) is 1.90. The van der Waals surface area contributed by atoms with Crippen LogP contribution in [0, 0.1) is 0 Å². The van der Waals surface area contributed by atoms with Gasteiger partial charge >= 0.3 is 0 Å². The Morgan fingerprint density at radius 3 is 2.35 bits per heavy atom. The Labute approximate surface area is 115 Å². The second-order valence-corrected chi connectivity index (χ2v) is 5.43. The summed E-state index contributed by atoms with van der Waals surface area (Å²) in [6, 6.07) is 8.84. The van der Waals surface area contributed by atoms with E-state index in [9.17, 15) is 9.90 Å². The molecule has 0 fully saturated rings. The zero-order chi connectivity index (χ0) is 13.1. The van der Waals surface area contributed by atoms with Gasteiger partial charge in [0.1, 0.15) is 0 Å². The quantitative estimate of drug-likeness (QED) is 0.663. The fraction of sp³-hybridized carbons (Fsp3) is 0.364. The maximum Gasteiger partial charge on any atom is 0.218 e. The van der Waals surface area contributed by atoms with Crippen molar-refractivity contribution in [2.45, 2.75) is 22.9 Å². The summed E-state index contributed by atoms with van der Waals surface area (Å²) in [6.45, 7) is 1.25. The molecular weight excluding hydrogens is 284 g/mol. The van der Waals surface area contributed by atoms with E-state index in [0.29, 0.717) is 5.56 Å². The summed E-state index contributed by atoms with van der Waals surface area (Å²) in [6.07, 6.45) is -1.45. The van der Waals surface area contributed by atoms with Gasteiger partial charge < -0.3 is 10.4 Å². The van der Waals surface area contributed by atoms with Crippen molar-refractivity contribution in [3.63, 3.8) is 0 Å². The topological polar surface area (TPSA) is 49.3 Å². The van der Waals surface area contributed by atoms with E-state index in [4.69, 9.17) is 34.8 Å². The molecule has 0 bridgehead atoms. The molecule has 6 heteroatoms. The number of hydrogen-bond acceptors (Lipinski definition) is 2. The first kappa shape index (κ1) is 14.6. The molecule has 0 radical (unpaired) electrons. The predicted octanol–water partition coefficient (Wildman–Crippen LogP) is 2.59. The van der Waals surface area contributed by atoms with Crippen LogP contribution in [0.5, 0.6) is 0 Å². The number of carbonyl (C=O) groups excluding carboxylic acids is 1. The van der Waals surface area contributed by atoms with Gasteiger partial charge in [-0.2, -0.15) is 0 Å². The summed E-state index contributed by atoms with van der Waals surface area (Å²) < 4.78 is -1.71. The molecule has 94 valence electrons. The van der Waals surface area contributed by atoms with Crippen molar-refractivity contribution < 1.29 is 9.90 Å². The highest BCUT2D eigenvalue weighted by molar-refractivity contribution is 6.52. The lowest BCUT2D eigenvalue weighted by Crippen LogP contribution is -2.47. The summed E-state index contributed by atoms with van der Waals surface area (Å²) in [5.41, 5.74) is 0.656. The van der Waals surface area contributed by atoms with Crippen LogP contribution in [0.2, 0.25) is 0 Å². The zero-order valence-corrected chi connectivity index (χ0v) is 11.3. The second kappa shape index (κ2) is 5.91. The van der Waals surface area contributed by atoms with E-state index in [1.807, 2.05) is 6.07 Å². The van der Waals surface area contributed by atoms with Crippen LogP contribution in [-0.4, -0.2) is 21.6 Å². The molecule has 0 unspecified atom stereocenters. The Morgan fingerprint density at radius 2 is 1.88 bits per heavy atom. The molecule has 0 aliphatic heterocycles. The molecule has 3 nitrogen and oxygen atoms in total. The van der Waals surface area contributed by atoms with Crippen LogP contribution in [0.4, 0.5) is 0 Å². The van der Waals surface area contributed by atoms with Crippen molar-refractivity contribution in [1.82, 2.24) is 5.32 Å². The molecule has 2 N–H and O–H groups in total. The molecule has 0 saturated carbocycles. The SMILES string of the molecule is CC(=O)N[C@H](O)C(Cl)(Cl)[C@H](Cl)c1ccccc1. The number of benzene rings is 1. The minimum absolute atomic E-state index is 0.444. The van der Waals surface area contributed by atoms with Crippen LogP contribution >= 0.6 is 34.8 Å². The molecule has 0 aliphatic carbocycles. The highest BCUT2D eigenvalue weighted by atomic mass is 35.5. The van der Waals surface area contributed by atoms with Gasteiger partial charge in [-0.1, -0.05) is 53.5 Å². The number of halogens is 3.